The molecule has 1 heterocycles. The molecule has 0 saturated heterocycles. The minimum atomic E-state index is -0.699. The lowest BCUT2D eigenvalue weighted by atomic mass is 10.00. The van der Waals surface area contributed by atoms with Gasteiger partial charge in [0.2, 0.25) is 0 Å². The fraction of sp³-hybridized carbons (Fsp3) is 0.125. The molecule has 1 aliphatic rings. The van der Waals surface area contributed by atoms with E-state index < -0.39 is 11.0 Å². The van der Waals surface area contributed by atoms with Crippen molar-refractivity contribution in [3.8, 4) is 0 Å². The third-order valence-corrected chi connectivity index (χ3v) is 5.11. The predicted octanol–water partition coefficient (Wildman–Crippen LogP) is 4.85. The van der Waals surface area contributed by atoms with Crippen LogP contribution >= 0.6 is 0 Å². The fourth-order valence-electron chi connectivity index (χ4n) is 3.49. The Bertz CT molecular complexity index is 1270. The van der Waals surface area contributed by atoms with Gasteiger partial charge in [-0.3, -0.25) is 20.4 Å². The van der Waals surface area contributed by atoms with Gasteiger partial charge in [0.05, 0.1) is 16.3 Å². The summed E-state index contributed by atoms with van der Waals surface area (Å²) >= 11 is 0. The molecule has 0 saturated carbocycles. The maximum atomic E-state index is 12.3. The van der Waals surface area contributed by atoms with Crippen molar-refractivity contribution in [1.82, 2.24) is 5.48 Å². The van der Waals surface area contributed by atoms with E-state index in [0.29, 0.717) is 22.6 Å². The number of carbonyl (C=O) groups is 1. The number of benzene rings is 3. The van der Waals surface area contributed by atoms with Gasteiger partial charge in [0.15, 0.2) is 5.84 Å². The lowest BCUT2D eigenvalue weighted by Gasteiger charge is -2.12. The number of anilines is 1. The third kappa shape index (κ3) is 4.87. The molecule has 1 amide bonds. The van der Waals surface area contributed by atoms with Crippen molar-refractivity contribution < 1.29 is 14.6 Å². The van der Waals surface area contributed by atoms with Gasteiger partial charge in [0.25, 0.3) is 5.69 Å². The van der Waals surface area contributed by atoms with E-state index in [2.05, 4.69) is 20.8 Å². The van der Waals surface area contributed by atoms with Gasteiger partial charge in [0, 0.05) is 28.9 Å². The van der Waals surface area contributed by atoms with Gasteiger partial charge >= 0.3 is 6.09 Å². The first-order valence-corrected chi connectivity index (χ1v) is 10.2. The van der Waals surface area contributed by atoms with Gasteiger partial charge in [-0.05, 0) is 31.0 Å². The average molecular weight is 443 g/mol. The van der Waals surface area contributed by atoms with Crippen LogP contribution in [0, 0.1) is 24.0 Å². The molecule has 0 radical (unpaired) electrons. The first-order chi connectivity index (χ1) is 15.9. The zero-order chi connectivity index (χ0) is 23.4. The highest BCUT2D eigenvalue weighted by molar-refractivity contribution is 6.17. The molecule has 9 heteroatoms. The van der Waals surface area contributed by atoms with E-state index in [1.165, 1.54) is 12.1 Å². The number of amidine groups is 1. The van der Waals surface area contributed by atoms with Gasteiger partial charge in [-0.1, -0.05) is 48.5 Å². The number of aryl methyl sites for hydroxylation is 2. The van der Waals surface area contributed by atoms with Crippen LogP contribution in [0.3, 0.4) is 0 Å². The molecule has 4 rings (SSSR count). The summed E-state index contributed by atoms with van der Waals surface area (Å²) in [4.78, 5) is 37.4. The molecule has 2 N–H and O–H groups in total. The van der Waals surface area contributed by atoms with E-state index in [1.807, 2.05) is 62.4 Å². The van der Waals surface area contributed by atoms with Crippen LogP contribution in [0.25, 0.3) is 0 Å². The number of hydrogen-bond acceptors (Lipinski definition) is 7. The summed E-state index contributed by atoms with van der Waals surface area (Å²) in [6.45, 7) is 3.87. The third-order valence-electron chi connectivity index (χ3n) is 5.11. The maximum Gasteiger partial charge on any atom is 0.435 e. The summed E-state index contributed by atoms with van der Waals surface area (Å²) in [6, 6.07) is 19.4. The summed E-state index contributed by atoms with van der Waals surface area (Å²) in [6.07, 6.45) is -0.699. The number of aliphatic imine (C=N–C) groups is 2. The number of para-hydroxylation sites is 1. The zero-order valence-electron chi connectivity index (χ0n) is 18.0. The Morgan fingerprint density at radius 2 is 1.76 bits per heavy atom. The Morgan fingerprint density at radius 3 is 2.45 bits per heavy atom. The van der Waals surface area contributed by atoms with Crippen LogP contribution in [0.2, 0.25) is 0 Å². The number of fused-ring (bicyclic) bond motifs is 1. The summed E-state index contributed by atoms with van der Waals surface area (Å²) in [5.74, 6) is 0.285. The van der Waals surface area contributed by atoms with Crippen LogP contribution < -0.4 is 10.8 Å². The molecule has 0 unspecified atom stereocenters. The quantitative estimate of drug-likeness (QED) is 0.443. The number of amides is 1. The van der Waals surface area contributed by atoms with Crippen LogP contribution in [0.1, 0.15) is 22.3 Å². The van der Waals surface area contributed by atoms with Gasteiger partial charge < -0.3 is 4.84 Å². The van der Waals surface area contributed by atoms with Gasteiger partial charge in [-0.25, -0.2) is 15.3 Å². The van der Waals surface area contributed by atoms with Crippen LogP contribution in [-0.4, -0.2) is 29.1 Å². The van der Waals surface area contributed by atoms with Gasteiger partial charge in [-0.15, -0.1) is 0 Å². The molecule has 0 atom stereocenters. The zero-order valence-corrected chi connectivity index (χ0v) is 18.0. The number of nitro groups is 1. The van der Waals surface area contributed by atoms with E-state index in [0.717, 1.165) is 16.7 Å². The smallest absolute Gasteiger partial charge is 0.323 e. The molecule has 1 aliphatic heterocycles. The molecule has 9 nitrogen and oxygen atoms in total. The molecule has 3 aromatic rings. The highest BCUT2D eigenvalue weighted by atomic mass is 16.7. The normalized spacial score (nSPS) is 12.5. The Kier molecular flexibility index (Phi) is 6.12. The molecular weight excluding hydrogens is 422 g/mol. The average Bonchev–Trinajstić information content (AvgIpc) is 2.99. The SMILES string of the molecule is Cc1cccc(C)c1NC(=O)ONC1=Nc2ccc([N+](=O)[O-])cc2C(c2ccccc2)=NC1. The van der Waals surface area contributed by atoms with E-state index in [4.69, 9.17) is 4.84 Å². The second-order valence-electron chi connectivity index (χ2n) is 7.43. The van der Waals surface area contributed by atoms with Crippen molar-refractivity contribution in [3.05, 3.63) is 99.1 Å². The summed E-state index contributed by atoms with van der Waals surface area (Å²) in [7, 11) is 0. The molecule has 0 aliphatic carbocycles. The lowest BCUT2D eigenvalue weighted by Crippen LogP contribution is -2.31. The molecule has 0 fully saturated rings. The Morgan fingerprint density at radius 1 is 1.03 bits per heavy atom. The number of rotatable bonds is 3. The summed E-state index contributed by atoms with van der Waals surface area (Å²) in [5, 5.41) is 14.0. The van der Waals surface area contributed by atoms with Gasteiger partial charge in [-0.2, -0.15) is 0 Å². The molecule has 0 spiro atoms. The van der Waals surface area contributed by atoms with Crippen LogP contribution in [-0.2, 0) is 4.84 Å². The van der Waals surface area contributed by atoms with E-state index in [-0.39, 0.29) is 18.1 Å². The molecule has 0 bridgehead atoms. The van der Waals surface area contributed by atoms with Gasteiger partial charge in [0.1, 0.15) is 6.54 Å². The second-order valence-corrected chi connectivity index (χ2v) is 7.43. The first kappa shape index (κ1) is 21.7. The number of non-ortho nitro benzene ring substituents is 1. The standard InChI is InChI=1S/C24H21N5O4/c1-15-7-6-8-16(2)22(15)27-24(30)33-28-21-14-25-23(17-9-4-3-5-10-17)19-13-18(29(31)32)11-12-20(19)26-21/h3-13H,14H2,1-2H3,(H,26,28)(H,27,30). The van der Waals surface area contributed by atoms with Crippen molar-refractivity contribution in [3.63, 3.8) is 0 Å². The second kappa shape index (κ2) is 9.31. The van der Waals surface area contributed by atoms with Crippen molar-refractivity contribution in [2.24, 2.45) is 9.98 Å². The monoisotopic (exact) mass is 443 g/mol. The van der Waals surface area contributed by atoms with Crippen LogP contribution in [0.5, 0.6) is 0 Å². The number of hydroxylamine groups is 1. The summed E-state index contributed by atoms with van der Waals surface area (Å²) in [5.41, 5.74) is 7.35. The molecule has 33 heavy (non-hydrogen) atoms. The molecule has 166 valence electrons. The van der Waals surface area contributed by atoms with Crippen molar-refractivity contribution in [2.75, 3.05) is 11.9 Å². The fourth-order valence-corrected chi connectivity index (χ4v) is 3.49. The minimum absolute atomic E-state index is 0.0618. The van der Waals surface area contributed by atoms with Crippen molar-refractivity contribution in [1.29, 1.82) is 0 Å². The number of carbonyl (C=O) groups excluding carboxylic acids is 1. The topological polar surface area (TPSA) is 118 Å². The minimum Gasteiger partial charge on any atom is -0.323 e. The Labute approximate surface area is 190 Å². The molecular formula is C24H21N5O4. The van der Waals surface area contributed by atoms with E-state index >= 15 is 0 Å². The number of nitro benzene ring substituents is 1. The van der Waals surface area contributed by atoms with E-state index in [1.54, 1.807) is 6.07 Å². The molecule has 0 aromatic heterocycles. The number of hydrogen-bond donors (Lipinski definition) is 2. The van der Waals surface area contributed by atoms with Crippen LogP contribution in [0.15, 0.2) is 76.7 Å². The number of nitrogens with zero attached hydrogens (tertiary/aromatic N) is 3. The molecule has 3 aromatic carbocycles. The Hall–Kier alpha value is -4.53. The number of nitrogens with one attached hydrogen (secondary N) is 2. The Balaban J connectivity index is 1.58. The predicted molar refractivity (Wildman–Crippen MR) is 126 cm³/mol. The van der Waals surface area contributed by atoms with Crippen molar-refractivity contribution in [2.45, 2.75) is 13.8 Å². The highest BCUT2D eigenvalue weighted by Gasteiger charge is 2.20. The highest BCUT2D eigenvalue weighted by Crippen LogP contribution is 2.29. The maximum absolute atomic E-state index is 12.3. The van der Waals surface area contributed by atoms with Crippen molar-refractivity contribution >= 4 is 34.7 Å². The van der Waals surface area contributed by atoms with E-state index in [9.17, 15) is 14.9 Å². The van der Waals surface area contributed by atoms with Crippen LogP contribution in [0.4, 0.5) is 21.9 Å². The lowest BCUT2D eigenvalue weighted by molar-refractivity contribution is -0.384. The largest absolute Gasteiger partial charge is 0.435 e. The first-order valence-electron chi connectivity index (χ1n) is 10.2. The summed E-state index contributed by atoms with van der Waals surface area (Å²) < 4.78 is 0.